The second-order valence-electron chi connectivity index (χ2n) is 2.79. The van der Waals surface area contributed by atoms with Crippen molar-refractivity contribution in [1.29, 1.82) is 0 Å². The first-order valence-electron chi connectivity index (χ1n) is 3.86. The lowest BCUT2D eigenvalue weighted by Gasteiger charge is -2.15. The Balaban J connectivity index is 2.12. The van der Waals surface area contributed by atoms with Crippen molar-refractivity contribution in [2.45, 2.75) is 31.7 Å². The maximum absolute atomic E-state index is 5.76. The van der Waals surface area contributed by atoms with Crippen molar-refractivity contribution in [3.05, 3.63) is 0 Å². The van der Waals surface area contributed by atoms with Gasteiger partial charge in [0, 0.05) is 6.04 Å². The highest BCUT2D eigenvalue weighted by Gasteiger charge is 2.03. The Morgan fingerprint density at radius 2 is 2.00 bits per heavy atom. The van der Waals surface area contributed by atoms with Gasteiger partial charge in [0.05, 0.1) is 0 Å². The molecule has 1 aliphatic rings. The van der Waals surface area contributed by atoms with Gasteiger partial charge in [0.25, 0.3) is 0 Å². The van der Waals surface area contributed by atoms with E-state index in [0.29, 0.717) is 6.04 Å². The highest BCUT2D eigenvalue weighted by molar-refractivity contribution is 4.66. The Bertz CT molecular complexity index is 65.3. The molecule has 1 rings (SSSR count). The molecule has 0 amide bonds. The number of rotatable bonds is 0. The van der Waals surface area contributed by atoms with Gasteiger partial charge in [-0.2, -0.15) is 0 Å². The number of hydrogen-bond donors (Lipinski definition) is 2. The highest BCUT2D eigenvalue weighted by Crippen LogP contribution is 2.03. The van der Waals surface area contributed by atoms with Gasteiger partial charge in [0.15, 0.2) is 0 Å². The van der Waals surface area contributed by atoms with E-state index in [9.17, 15) is 0 Å². The van der Waals surface area contributed by atoms with Crippen LogP contribution in [-0.2, 0) is 0 Å². The second kappa shape index (κ2) is 3.85. The topological polar surface area (TPSA) is 38.0 Å². The van der Waals surface area contributed by atoms with Crippen LogP contribution < -0.4 is 11.1 Å². The molecule has 1 saturated heterocycles. The first-order valence-corrected chi connectivity index (χ1v) is 3.86. The van der Waals surface area contributed by atoms with Gasteiger partial charge in [-0.05, 0) is 32.4 Å². The van der Waals surface area contributed by atoms with E-state index in [2.05, 4.69) is 5.32 Å². The molecule has 9 heavy (non-hydrogen) atoms. The van der Waals surface area contributed by atoms with E-state index < -0.39 is 0 Å². The summed E-state index contributed by atoms with van der Waals surface area (Å²) >= 11 is 0. The second-order valence-corrected chi connectivity index (χ2v) is 2.79. The Kier molecular flexibility index (Phi) is 3.01. The van der Waals surface area contributed by atoms with Crippen molar-refractivity contribution in [3.8, 4) is 0 Å². The van der Waals surface area contributed by atoms with Crippen LogP contribution in [0.15, 0.2) is 0 Å². The largest absolute Gasteiger partial charge is 0.328 e. The molecule has 0 spiro atoms. The fourth-order valence-electron chi connectivity index (χ4n) is 1.21. The van der Waals surface area contributed by atoms with Gasteiger partial charge in [0.1, 0.15) is 0 Å². The third-order valence-corrected chi connectivity index (χ3v) is 1.87. The van der Waals surface area contributed by atoms with Crippen molar-refractivity contribution in [2.75, 3.05) is 13.1 Å². The van der Waals surface area contributed by atoms with Crippen LogP contribution in [0, 0.1) is 0 Å². The van der Waals surface area contributed by atoms with Crippen molar-refractivity contribution in [1.82, 2.24) is 5.32 Å². The number of hydrogen-bond acceptors (Lipinski definition) is 2. The van der Waals surface area contributed by atoms with Crippen molar-refractivity contribution < 1.29 is 0 Å². The van der Waals surface area contributed by atoms with E-state index in [4.69, 9.17) is 5.73 Å². The molecule has 0 aromatic rings. The van der Waals surface area contributed by atoms with Crippen LogP contribution >= 0.6 is 0 Å². The maximum atomic E-state index is 5.76. The Morgan fingerprint density at radius 1 is 1.11 bits per heavy atom. The third-order valence-electron chi connectivity index (χ3n) is 1.87. The van der Waals surface area contributed by atoms with Crippen LogP contribution in [-0.4, -0.2) is 19.1 Å². The molecule has 0 bridgehead atoms. The molecular weight excluding hydrogens is 112 g/mol. The summed E-state index contributed by atoms with van der Waals surface area (Å²) in [6, 6.07) is 0.456. The molecule has 1 aliphatic heterocycles. The van der Waals surface area contributed by atoms with E-state index >= 15 is 0 Å². The minimum Gasteiger partial charge on any atom is -0.328 e. The predicted octanol–water partition coefficient (Wildman–Crippen LogP) is 0.477. The van der Waals surface area contributed by atoms with Gasteiger partial charge >= 0.3 is 0 Å². The molecule has 1 heterocycles. The summed E-state index contributed by atoms with van der Waals surface area (Å²) in [5.41, 5.74) is 5.76. The summed E-state index contributed by atoms with van der Waals surface area (Å²) in [5, 5.41) is 3.34. The molecule has 2 nitrogen and oxygen atoms in total. The molecule has 54 valence electrons. The van der Waals surface area contributed by atoms with Crippen molar-refractivity contribution >= 4 is 0 Å². The lowest BCUT2D eigenvalue weighted by atomic mass is 10.1. The van der Waals surface area contributed by atoms with Gasteiger partial charge in [-0.3, -0.25) is 0 Å². The fraction of sp³-hybridized carbons (Fsp3) is 1.00. The summed E-state index contributed by atoms with van der Waals surface area (Å²) < 4.78 is 0. The van der Waals surface area contributed by atoms with E-state index in [1.807, 2.05) is 0 Å². The molecule has 1 atom stereocenters. The molecule has 0 aliphatic carbocycles. The zero-order valence-electron chi connectivity index (χ0n) is 5.90. The Labute approximate surface area is 56.8 Å². The minimum atomic E-state index is 0.456. The third kappa shape index (κ3) is 2.82. The van der Waals surface area contributed by atoms with E-state index in [-0.39, 0.29) is 0 Å². The normalized spacial score (nSPS) is 31.0. The molecule has 1 fully saturated rings. The SMILES string of the molecule is NC1CCCCNCC1. The minimum absolute atomic E-state index is 0.456. The van der Waals surface area contributed by atoms with Gasteiger partial charge in [-0.25, -0.2) is 0 Å². The van der Waals surface area contributed by atoms with Crippen molar-refractivity contribution in [2.24, 2.45) is 5.73 Å². The average molecular weight is 128 g/mol. The first kappa shape index (κ1) is 7.03. The van der Waals surface area contributed by atoms with Crippen LogP contribution in [0.3, 0.4) is 0 Å². The summed E-state index contributed by atoms with van der Waals surface area (Å²) in [4.78, 5) is 0. The molecular formula is C7H16N2. The Morgan fingerprint density at radius 3 is 2.89 bits per heavy atom. The number of nitrogens with two attached hydrogens (primary N) is 1. The summed E-state index contributed by atoms with van der Waals surface area (Å²) in [6.45, 7) is 2.30. The molecule has 0 aromatic heterocycles. The smallest absolute Gasteiger partial charge is 0.00509 e. The summed E-state index contributed by atoms with van der Waals surface area (Å²) in [5.74, 6) is 0. The van der Waals surface area contributed by atoms with Gasteiger partial charge < -0.3 is 11.1 Å². The predicted molar refractivity (Wildman–Crippen MR) is 39.3 cm³/mol. The highest BCUT2D eigenvalue weighted by atomic mass is 14.9. The van der Waals surface area contributed by atoms with Crippen LogP contribution in [0.5, 0.6) is 0 Å². The molecule has 3 N–H and O–H groups in total. The van der Waals surface area contributed by atoms with E-state index in [1.54, 1.807) is 0 Å². The maximum Gasteiger partial charge on any atom is 0.00509 e. The standard InChI is InChI=1S/C7H16N2/c8-7-3-1-2-5-9-6-4-7/h7,9H,1-6,8H2. The molecule has 0 saturated carbocycles. The van der Waals surface area contributed by atoms with Crippen LogP contribution in [0.2, 0.25) is 0 Å². The molecule has 0 radical (unpaired) electrons. The zero-order valence-corrected chi connectivity index (χ0v) is 5.90. The lowest BCUT2D eigenvalue weighted by molar-refractivity contribution is 0.465. The van der Waals surface area contributed by atoms with Gasteiger partial charge in [-0.15, -0.1) is 0 Å². The van der Waals surface area contributed by atoms with Crippen LogP contribution in [0.4, 0.5) is 0 Å². The molecule has 1 unspecified atom stereocenters. The molecule has 0 aromatic carbocycles. The summed E-state index contributed by atoms with van der Waals surface area (Å²) in [7, 11) is 0. The van der Waals surface area contributed by atoms with E-state index in [1.165, 1.54) is 25.8 Å². The fourth-order valence-corrected chi connectivity index (χ4v) is 1.21. The lowest BCUT2D eigenvalue weighted by Crippen LogP contribution is -2.29. The number of nitrogens with one attached hydrogen (secondary N) is 1. The quantitative estimate of drug-likeness (QED) is 0.498. The van der Waals surface area contributed by atoms with Crippen LogP contribution in [0.1, 0.15) is 25.7 Å². The van der Waals surface area contributed by atoms with Crippen molar-refractivity contribution in [3.63, 3.8) is 0 Å². The van der Waals surface area contributed by atoms with E-state index in [0.717, 1.165) is 13.0 Å². The first-order chi connectivity index (χ1) is 4.39. The van der Waals surface area contributed by atoms with Crippen LogP contribution in [0.25, 0.3) is 0 Å². The summed E-state index contributed by atoms with van der Waals surface area (Å²) in [6.07, 6.45) is 4.98. The zero-order chi connectivity index (χ0) is 6.53. The van der Waals surface area contributed by atoms with Gasteiger partial charge in [-0.1, -0.05) is 6.42 Å². The monoisotopic (exact) mass is 128 g/mol. The molecule has 2 heteroatoms. The van der Waals surface area contributed by atoms with Gasteiger partial charge in [0.2, 0.25) is 0 Å². The Hall–Kier alpha value is -0.0800. The average Bonchev–Trinajstić information content (AvgIpc) is 1.79.